The molecule has 3 nitrogen and oxygen atoms in total. The molecule has 1 fully saturated rings. The summed E-state index contributed by atoms with van der Waals surface area (Å²) in [5.74, 6) is -1.13. The summed E-state index contributed by atoms with van der Waals surface area (Å²) < 4.78 is 0.675. The second-order valence-electron chi connectivity index (χ2n) is 3.80. The lowest BCUT2D eigenvalue weighted by Crippen LogP contribution is -2.21. The topological polar surface area (TPSA) is 60.2 Å². The smallest absolute Gasteiger partial charge is 0.254 e. The predicted molar refractivity (Wildman–Crippen MR) is 86.8 cm³/mol. The van der Waals surface area contributed by atoms with Crippen LogP contribution < -0.4 is 5.73 Å². The molecule has 7 heteroatoms. The van der Waals surface area contributed by atoms with E-state index in [0.717, 1.165) is 5.08 Å². The van der Waals surface area contributed by atoms with Crippen LogP contribution in [0.3, 0.4) is 0 Å². The van der Waals surface area contributed by atoms with Gasteiger partial charge in [0.1, 0.15) is 5.57 Å². The quantitative estimate of drug-likeness (QED) is 0.513. The van der Waals surface area contributed by atoms with Gasteiger partial charge in [-0.3, -0.25) is 9.59 Å². The van der Waals surface area contributed by atoms with E-state index >= 15 is 0 Å². The van der Waals surface area contributed by atoms with Crippen LogP contribution >= 0.6 is 46.7 Å². The van der Waals surface area contributed by atoms with Gasteiger partial charge in [0.15, 0.2) is 5.78 Å². The number of benzene rings is 1. The summed E-state index contributed by atoms with van der Waals surface area (Å²) >= 11 is 14.7. The Hall–Kier alpha value is -0.880. The number of allylic oxidation sites excluding steroid dienone is 1. The number of rotatable bonds is 4. The third kappa shape index (κ3) is 3.61. The van der Waals surface area contributed by atoms with Crippen LogP contribution in [0.1, 0.15) is 5.56 Å². The summed E-state index contributed by atoms with van der Waals surface area (Å²) in [6, 6.07) is 4.94. The van der Waals surface area contributed by atoms with E-state index in [1.165, 1.54) is 29.6 Å². The van der Waals surface area contributed by atoms with Crippen LogP contribution in [0.2, 0.25) is 10.0 Å². The van der Waals surface area contributed by atoms with Gasteiger partial charge in [-0.25, -0.2) is 0 Å². The average Bonchev–Trinajstić information content (AvgIpc) is 2.31. The SMILES string of the molecule is NC(=O)C(C(=O)/C=C/c1ccc(Cl)cc1Cl)=C1SCS1. The molecule has 0 atom stereocenters. The molecule has 1 saturated heterocycles. The molecule has 1 aromatic rings. The highest BCUT2D eigenvalue weighted by Crippen LogP contribution is 2.45. The number of thioether (sulfide) groups is 2. The highest BCUT2D eigenvalue weighted by molar-refractivity contribution is 8.37. The number of carbonyl (C=O) groups excluding carboxylic acids is 2. The Bertz CT molecular complexity index is 635. The maximum absolute atomic E-state index is 12.0. The highest BCUT2D eigenvalue weighted by Gasteiger charge is 2.24. The molecule has 1 amide bonds. The summed E-state index contributed by atoms with van der Waals surface area (Å²) in [5.41, 5.74) is 5.93. The number of hydrogen-bond acceptors (Lipinski definition) is 4. The minimum absolute atomic E-state index is 0.0348. The molecule has 0 aliphatic carbocycles. The molecule has 1 heterocycles. The van der Waals surface area contributed by atoms with Crippen molar-refractivity contribution in [2.24, 2.45) is 5.73 Å². The number of nitrogens with two attached hydrogens (primary N) is 1. The minimum atomic E-state index is -0.712. The van der Waals surface area contributed by atoms with Crippen LogP contribution in [0.25, 0.3) is 6.08 Å². The lowest BCUT2D eigenvalue weighted by molar-refractivity contribution is -0.118. The number of amides is 1. The van der Waals surface area contributed by atoms with Gasteiger partial charge in [0.2, 0.25) is 0 Å². The molecule has 20 heavy (non-hydrogen) atoms. The monoisotopic (exact) mass is 345 g/mol. The molecule has 0 saturated carbocycles. The van der Waals surface area contributed by atoms with E-state index in [0.29, 0.717) is 19.8 Å². The van der Waals surface area contributed by atoms with Crippen LogP contribution in [0.5, 0.6) is 0 Å². The first kappa shape index (κ1) is 15.5. The summed E-state index contributed by atoms with van der Waals surface area (Å²) in [5, 5.41) is 1.77. The first-order valence-electron chi connectivity index (χ1n) is 5.46. The van der Waals surface area contributed by atoms with E-state index in [-0.39, 0.29) is 5.57 Å². The number of halogens is 2. The Labute approximate surface area is 134 Å². The third-order valence-corrected chi connectivity index (χ3v) is 5.60. The van der Waals surface area contributed by atoms with Gasteiger partial charge in [0.05, 0.1) is 4.24 Å². The largest absolute Gasteiger partial charge is 0.365 e. The lowest BCUT2D eigenvalue weighted by atomic mass is 10.1. The van der Waals surface area contributed by atoms with Gasteiger partial charge in [-0.2, -0.15) is 0 Å². The van der Waals surface area contributed by atoms with Crippen molar-refractivity contribution in [1.82, 2.24) is 0 Å². The summed E-state index contributed by atoms with van der Waals surface area (Å²) in [6.45, 7) is 0. The molecule has 0 unspecified atom stereocenters. The number of primary amides is 1. The molecule has 2 N–H and O–H groups in total. The Morgan fingerprint density at radius 1 is 1.25 bits per heavy atom. The van der Waals surface area contributed by atoms with Crippen molar-refractivity contribution in [2.75, 3.05) is 5.08 Å². The Balaban J connectivity index is 2.22. The molecule has 104 valence electrons. The maximum Gasteiger partial charge on any atom is 0.254 e. The molecule has 1 aliphatic heterocycles. The number of hydrogen-bond donors (Lipinski definition) is 1. The fraction of sp³-hybridized carbons (Fsp3) is 0.0769. The Kier molecular flexibility index (Phi) is 5.21. The van der Waals surface area contributed by atoms with Crippen LogP contribution in [0.4, 0.5) is 0 Å². The average molecular weight is 346 g/mol. The second kappa shape index (κ2) is 6.72. The number of carbonyl (C=O) groups is 2. The van der Waals surface area contributed by atoms with Crippen molar-refractivity contribution >= 4 is 64.5 Å². The van der Waals surface area contributed by atoms with E-state index < -0.39 is 11.7 Å². The zero-order chi connectivity index (χ0) is 14.7. The molecule has 0 spiro atoms. The third-order valence-electron chi connectivity index (χ3n) is 2.45. The van der Waals surface area contributed by atoms with Crippen LogP contribution in [0, 0.1) is 0 Å². The molecule has 1 aromatic carbocycles. The predicted octanol–water partition coefficient (Wildman–Crippen LogP) is 3.71. The van der Waals surface area contributed by atoms with Crippen LogP contribution in [-0.4, -0.2) is 16.8 Å². The fourth-order valence-electron chi connectivity index (χ4n) is 1.47. The zero-order valence-corrected chi connectivity index (χ0v) is 13.2. The summed E-state index contributed by atoms with van der Waals surface area (Å²) in [4.78, 5) is 23.4. The molecule has 0 aromatic heterocycles. The maximum atomic E-state index is 12.0. The summed E-state index contributed by atoms with van der Waals surface area (Å²) in [6.07, 6.45) is 2.83. The Morgan fingerprint density at radius 3 is 2.45 bits per heavy atom. The Morgan fingerprint density at radius 2 is 1.95 bits per heavy atom. The van der Waals surface area contributed by atoms with Crippen LogP contribution in [0.15, 0.2) is 34.1 Å². The van der Waals surface area contributed by atoms with Crippen molar-refractivity contribution < 1.29 is 9.59 Å². The van der Waals surface area contributed by atoms with Gasteiger partial charge in [-0.15, -0.1) is 23.5 Å². The normalized spacial score (nSPS) is 14.2. The first-order chi connectivity index (χ1) is 9.49. The number of ketones is 1. The van der Waals surface area contributed by atoms with E-state index in [2.05, 4.69) is 0 Å². The second-order valence-corrected chi connectivity index (χ2v) is 7.24. The zero-order valence-electron chi connectivity index (χ0n) is 10.1. The van der Waals surface area contributed by atoms with E-state index in [4.69, 9.17) is 28.9 Å². The minimum Gasteiger partial charge on any atom is -0.365 e. The molecular formula is C13H9Cl2NO2S2. The molecule has 0 bridgehead atoms. The highest BCUT2D eigenvalue weighted by atomic mass is 35.5. The van der Waals surface area contributed by atoms with Crippen molar-refractivity contribution in [3.8, 4) is 0 Å². The van der Waals surface area contributed by atoms with Gasteiger partial charge in [-0.1, -0.05) is 29.3 Å². The van der Waals surface area contributed by atoms with Gasteiger partial charge >= 0.3 is 0 Å². The molecular weight excluding hydrogens is 337 g/mol. The van der Waals surface area contributed by atoms with Gasteiger partial charge in [-0.05, 0) is 29.8 Å². The first-order valence-corrected chi connectivity index (χ1v) is 8.19. The lowest BCUT2D eigenvalue weighted by Gasteiger charge is -2.17. The fourth-order valence-corrected chi connectivity index (χ4v) is 3.58. The molecule has 1 aliphatic rings. The van der Waals surface area contributed by atoms with Gasteiger partial charge in [0, 0.05) is 15.1 Å². The van der Waals surface area contributed by atoms with Crippen LogP contribution in [-0.2, 0) is 9.59 Å². The molecule has 0 radical (unpaired) electrons. The van der Waals surface area contributed by atoms with E-state index in [1.54, 1.807) is 24.3 Å². The molecule has 2 rings (SSSR count). The van der Waals surface area contributed by atoms with Gasteiger partial charge < -0.3 is 5.73 Å². The summed E-state index contributed by atoms with van der Waals surface area (Å²) in [7, 11) is 0. The van der Waals surface area contributed by atoms with Gasteiger partial charge in [0.25, 0.3) is 5.91 Å². The van der Waals surface area contributed by atoms with Crippen molar-refractivity contribution in [3.05, 3.63) is 49.7 Å². The van der Waals surface area contributed by atoms with Crippen molar-refractivity contribution in [1.29, 1.82) is 0 Å². The van der Waals surface area contributed by atoms with Crippen molar-refractivity contribution in [2.45, 2.75) is 0 Å². The van der Waals surface area contributed by atoms with Crippen molar-refractivity contribution in [3.63, 3.8) is 0 Å². The standard InChI is InChI=1S/C13H9Cl2NO2S2/c14-8-3-1-7(9(15)5-8)2-4-10(17)11(12(16)18)13-19-6-20-13/h1-5H,6H2,(H2,16,18)/b4-2+. The van der Waals surface area contributed by atoms with E-state index in [1.807, 2.05) is 0 Å². The van der Waals surface area contributed by atoms with E-state index in [9.17, 15) is 9.59 Å².